The van der Waals surface area contributed by atoms with Crippen molar-refractivity contribution in [2.45, 2.75) is 6.42 Å². The molecule has 0 saturated carbocycles. The van der Waals surface area contributed by atoms with Crippen LogP contribution in [0.2, 0.25) is 0 Å². The molecule has 2 saturated heterocycles. The summed E-state index contributed by atoms with van der Waals surface area (Å²) >= 11 is 0. The van der Waals surface area contributed by atoms with E-state index >= 15 is 0 Å². The highest BCUT2D eigenvalue weighted by molar-refractivity contribution is 5.66. The zero-order chi connectivity index (χ0) is 9.47. The van der Waals surface area contributed by atoms with Crippen molar-refractivity contribution in [3.8, 4) is 0 Å². The second kappa shape index (κ2) is 2.96. The topological polar surface area (TPSA) is 43.8 Å². The van der Waals surface area contributed by atoms with Gasteiger partial charge in [0.25, 0.3) is 0 Å². The zero-order valence-electron chi connectivity index (χ0n) is 7.99. The minimum absolute atomic E-state index is 0.284. The smallest absolute Gasteiger partial charge is 0.304 e. The summed E-state index contributed by atoms with van der Waals surface area (Å²) in [6.45, 7) is 5.31. The minimum Gasteiger partial charge on any atom is -0.481 e. The molecule has 4 heteroatoms. The van der Waals surface area contributed by atoms with Crippen LogP contribution in [-0.2, 0) is 4.79 Å². The van der Waals surface area contributed by atoms with E-state index < -0.39 is 5.97 Å². The number of hydrogen-bond acceptors (Lipinski definition) is 3. The summed E-state index contributed by atoms with van der Waals surface area (Å²) in [6, 6.07) is 0. The number of carbonyl (C=O) groups is 1. The van der Waals surface area contributed by atoms with E-state index in [-0.39, 0.29) is 6.42 Å². The molecule has 13 heavy (non-hydrogen) atoms. The molecule has 0 atom stereocenters. The number of hydrogen-bond donors (Lipinski definition) is 1. The fourth-order valence-electron chi connectivity index (χ4n) is 2.61. The van der Waals surface area contributed by atoms with Gasteiger partial charge < -0.3 is 14.9 Å². The van der Waals surface area contributed by atoms with Gasteiger partial charge in [0.05, 0.1) is 6.42 Å². The van der Waals surface area contributed by atoms with E-state index in [4.69, 9.17) is 5.11 Å². The lowest BCUT2D eigenvalue weighted by Gasteiger charge is -2.59. The lowest BCUT2D eigenvalue weighted by atomic mass is 9.73. The van der Waals surface area contributed by atoms with E-state index in [0.29, 0.717) is 5.41 Å². The Morgan fingerprint density at radius 3 is 2.46 bits per heavy atom. The Bertz CT molecular complexity index is 216. The fourth-order valence-corrected chi connectivity index (χ4v) is 2.61. The van der Waals surface area contributed by atoms with Crippen molar-refractivity contribution < 1.29 is 9.90 Å². The molecule has 0 aromatic heterocycles. The van der Waals surface area contributed by atoms with Crippen LogP contribution in [-0.4, -0.2) is 60.6 Å². The maximum atomic E-state index is 10.3. The first kappa shape index (κ1) is 8.97. The van der Waals surface area contributed by atoms with Gasteiger partial charge in [-0.15, -0.1) is 0 Å². The number of nitrogens with zero attached hydrogens (tertiary/aromatic N) is 2. The van der Waals surface area contributed by atoms with Gasteiger partial charge >= 0.3 is 5.97 Å². The average Bonchev–Trinajstić information content (AvgIpc) is 1.90. The number of rotatable bonds is 3. The quantitative estimate of drug-likeness (QED) is 0.654. The molecule has 0 aromatic carbocycles. The molecule has 2 heterocycles. The third kappa shape index (κ3) is 1.69. The SMILES string of the molecule is CN1CC2(C1)CN(CCC(=O)O)C2. The van der Waals surface area contributed by atoms with Gasteiger partial charge in [0.1, 0.15) is 0 Å². The zero-order valence-corrected chi connectivity index (χ0v) is 7.99. The molecular formula is C9H16N2O2. The summed E-state index contributed by atoms with van der Waals surface area (Å²) in [5, 5.41) is 8.49. The molecule has 0 bridgehead atoms. The lowest BCUT2D eigenvalue weighted by molar-refractivity contribution is -0.140. The normalized spacial score (nSPS) is 26.8. The Hall–Kier alpha value is -0.610. The second-order valence-electron chi connectivity index (χ2n) is 4.53. The van der Waals surface area contributed by atoms with Crippen molar-refractivity contribution in [3.05, 3.63) is 0 Å². The van der Waals surface area contributed by atoms with Crippen LogP contribution in [0.1, 0.15) is 6.42 Å². The molecule has 2 fully saturated rings. The highest BCUT2D eigenvalue weighted by Crippen LogP contribution is 2.38. The summed E-state index contributed by atoms with van der Waals surface area (Å²) in [5.41, 5.74) is 0.535. The first-order valence-corrected chi connectivity index (χ1v) is 4.72. The lowest BCUT2D eigenvalue weighted by Crippen LogP contribution is -2.71. The third-order valence-electron chi connectivity index (χ3n) is 2.97. The van der Waals surface area contributed by atoms with Crippen LogP contribution < -0.4 is 0 Å². The molecular weight excluding hydrogens is 168 g/mol. The van der Waals surface area contributed by atoms with Gasteiger partial charge in [-0.25, -0.2) is 0 Å². The number of carboxylic acid groups (broad SMARTS) is 1. The Morgan fingerprint density at radius 2 is 2.00 bits per heavy atom. The maximum Gasteiger partial charge on any atom is 0.304 e. The second-order valence-corrected chi connectivity index (χ2v) is 4.53. The van der Waals surface area contributed by atoms with Crippen LogP contribution >= 0.6 is 0 Å². The largest absolute Gasteiger partial charge is 0.481 e. The van der Waals surface area contributed by atoms with Gasteiger partial charge in [-0.2, -0.15) is 0 Å². The van der Waals surface area contributed by atoms with Gasteiger partial charge in [0, 0.05) is 38.1 Å². The van der Waals surface area contributed by atoms with Crippen LogP contribution in [0.5, 0.6) is 0 Å². The van der Waals surface area contributed by atoms with Crippen LogP contribution in [0.15, 0.2) is 0 Å². The molecule has 0 amide bonds. The first-order chi connectivity index (χ1) is 6.10. The molecule has 2 aliphatic rings. The molecule has 0 aromatic rings. The Labute approximate surface area is 78.1 Å². The van der Waals surface area contributed by atoms with Crippen molar-refractivity contribution in [1.29, 1.82) is 0 Å². The summed E-state index contributed by atoms with van der Waals surface area (Å²) in [5.74, 6) is -0.688. The summed E-state index contributed by atoms with van der Waals surface area (Å²) in [7, 11) is 2.13. The van der Waals surface area contributed by atoms with E-state index in [1.54, 1.807) is 0 Å². The van der Waals surface area contributed by atoms with Gasteiger partial charge in [-0.3, -0.25) is 4.79 Å². The van der Waals surface area contributed by atoms with E-state index in [1.165, 1.54) is 13.1 Å². The monoisotopic (exact) mass is 184 g/mol. The van der Waals surface area contributed by atoms with Crippen molar-refractivity contribution in [2.75, 3.05) is 39.8 Å². The molecule has 0 aliphatic carbocycles. The van der Waals surface area contributed by atoms with Gasteiger partial charge in [0.2, 0.25) is 0 Å². The molecule has 0 unspecified atom stereocenters. The van der Waals surface area contributed by atoms with Gasteiger partial charge in [-0.1, -0.05) is 0 Å². The standard InChI is InChI=1S/C9H16N2O2/c1-10-4-9(5-10)6-11(7-9)3-2-8(12)13/h2-7H2,1H3,(H,12,13). The minimum atomic E-state index is -0.688. The molecule has 1 spiro atoms. The summed E-state index contributed by atoms with van der Waals surface area (Å²) in [4.78, 5) is 14.9. The fraction of sp³-hybridized carbons (Fsp3) is 0.889. The number of likely N-dealkylation sites (tertiary alicyclic amines) is 2. The molecule has 2 aliphatic heterocycles. The van der Waals surface area contributed by atoms with Crippen LogP contribution in [0.3, 0.4) is 0 Å². The maximum absolute atomic E-state index is 10.3. The van der Waals surface area contributed by atoms with Crippen molar-refractivity contribution in [2.24, 2.45) is 5.41 Å². The predicted molar refractivity (Wildman–Crippen MR) is 48.6 cm³/mol. The molecule has 1 N–H and O–H groups in total. The molecule has 0 radical (unpaired) electrons. The average molecular weight is 184 g/mol. The third-order valence-corrected chi connectivity index (χ3v) is 2.97. The van der Waals surface area contributed by atoms with Crippen molar-refractivity contribution in [1.82, 2.24) is 9.80 Å². The van der Waals surface area contributed by atoms with E-state index in [2.05, 4.69) is 16.8 Å². The van der Waals surface area contributed by atoms with E-state index in [0.717, 1.165) is 19.6 Å². The first-order valence-electron chi connectivity index (χ1n) is 4.72. The van der Waals surface area contributed by atoms with Crippen molar-refractivity contribution >= 4 is 5.97 Å². The predicted octanol–water partition coefficient (Wildman–Crippen LogP) is -0.292. The highest BCUT2D eigenvalue weighted by Gasteiger charge is 2.49. The van der Waals surface area contributed by atoms with Crippen LogP contribution in [0.4, 0.5) is 0 Å². The highest BCUT2D eigenvalue weighted by atomic mass is 16.4. The van der Waals surface area contributed by atoms with Gasteiger partial charge in [0.15, 0.2) is 0 Å². The van der Waals surface area contributed by atoms with Crippen molar-refractivity contribution in [3.63, 3.8) is 0 Å². The molecule has 2 rings (SSSR count). The summed E-state index contributed by atoms with van der Waals surface area (Å²) < 4.78 is 0. The van der Waals surface area contributed by atoms with Crippen LogP contribution in [0.25, 0.3) is 0 Å². The number of aliphatic carboxylic acids is 1. The Balaban J connectivity index is 1.65. The molecule has 4 nitrogen and oxygen atoms in total. The van der Waals surface area contributed by atoms with Gasteiger partial charge in [-0.05, 0) is 7.05 Å². The van der Waals surface area contributed by atoms with E-state index in [9.17, 15) is 4.79 Å². The summed E-state index contributed by atoms with van der Waals surface area (Å²) in [6.07, 6.45) is 0.284. The van der Waals surface area contributed by atoms with E-state index in [1.807, 2.05) is 0 Å². The molecule has 74 valence electrons. The Morgan fingerprint density at radius 1 is 1.38 bits per heavy atom. The van der Waals surface area contributed by atoms with Crippen LogP contribution in [0, 0.1) is 5.41 Å². The number of carboxylic acids is 1. The Kier molecular flexibility index (Phi) is 2.04.